The van der Waals surface area contributed by atoms with Crippen LogP contribution in [0.2, 0.25) is 0 Å². The first-order valence-electron chi connectivity index (χ1n) is 10.8. The second-order valence-electron chi connectivity index (χ2n) is 7.89. The van der Waals surface area contributed by atoms with E-state index in [1.54, 1.807) is 12.1 Å². The molecular formula is C26H23N5O2. The van der Waals surface area contributed by atoms with Crippen LogP contribution >= 0.6 is 0 Å². The first-order chi connectivity index (χ1) is 16.1. The van der Waals surface area contributed by atoms with Gasteiger partial charge in [0.25, 0.3) is 5.91 Å². The molecule has 0 atom stereocenters. The minimum Gasteiger partial charge on any atom is -0.457 e. The van der Waals surface area contributed by atoms with Gasteiger partial charge in [0.2, 0.25) is 5.95 Å². The Balaban J connectivity index is 1.29. The maximum atomic E-state index is 12.2. The van der Waals surface area contributed by atoms with E-state index in [0.29, 0.717) is 23.1 Å². The number of anilines is 3. The van der Waals surface area contributed by atoms with E-state index in [2.05, 4.69) is 20.6 Å². The van der Waals surface area contributed by atoms with Gasteiger partial charge < -0.3 is 21.1 Å². The summed E-state index contributed by atoms with van der Waals surface area (Å²) in [5.74, 6) is 2.20. The van der Waals surface area contributed by atoms with Crippen LogP contribution in [0.5, 0.6) is 11.5 Å². The Hall–Kier alpha value is -4.39. The lowest BCUT2D eigenvalue weighted by atomic mass is 10.1. The molecule has 1 heterocycles. The molecule has 0 radical (unpaired) electrons. The third kappa shape index (κ3) is 5.27. The zero-order valence-corrected chi connectivity index (χ0v) is 17.9. The summed E-state index contributed by atoms with van der Waals surface area (Å²) in [5.41, 5.74) is 8.94. The van der Waals surface area contributed by atoms with Crippen molar-refractivity contribution in [1.29, 1.82) is 0 Å². The summed E-state index contributed by atoms with van der Waals surface area (Å²) in [5, 5.41) is 6.24. The fourth-order valence-corrected chi connectivity index (χ4v) is 3.35. The zero-order valence-electron chi connectivity index (χ0n) is 17.9. The van der Waals surface area contributed by atoms with E-state index in [0.717, 1.165) is 35.6 Å². The first-order valence-corrected chi connectivity index (χ1v) is 10.8. The Morgan fingerprint density at radius 3 is 2.27 bits per heavy atom. The fourth-order valence-electron chi connectivity index (χ4n) is 3.35. The highest BCUT2D eigenvalue weighted by Gasteiger charge is 2.23. The molecule has 1 aliphatic rings. The predicted molar refractivity (Wildman–Crippen MR) is 129 cm³/mol. The SMILES string of the molecule is Nc1nc(Nc2ccc(Oc3ccccc3)cc2)cc(-c2ccc(C(=O)NC3CC3)cc2)n1. The number of nitrogens with two attached hydrogens (primary N) is 1. The molecule has 1 fully saturated rings. The number of carbonyl (C=O) groups is 1. The third-order valence-corrected chi connectivity index (χ3v) is 5.20. The lowest BCUT2D eigenvalue weighted by Crippen LogP contribution is -2.25. The van der Waals surface area contributed by atoms with Crippen LogP contribution < -0.4 is 21.1 Å². The number of hydrogen-bond donors (Lipinski definition) is 3. The van der Waals surface area contributed by atoms with E-state index < -0.39 is 0 Å². The highest BCUT2D eigenvalue weighted by molar-refractivity contribution is 5.95. The van der Waals surface area contributed by atoms with Crippen LogP contribution in [0.3, 0.4) is 0 Å². The average molecular weight is 438 g/mol. The lowest BCUT2D eigenvalue weighted by Gasteiger charge is -2.10. The summed E-state index contributed by atoms with van der Waals surface area (Å²) < 4.78 is 5.83. The number of nitrogen functional groups attached to an aromatic ring is 1. The van der Waals surface area contributed by atoms with Crippen molar-refractivity contribution in [3.63, 3.8) is 0 Å². The van der Waals surface area contributed by atoms with Gasteiger partial charge in [-0.15, -0.1) is 0 Å². The molecule has 1 aromatic heterocycles. The number of nitrogens with zero attached hydrogens (tertiary/aromatic N) is 2. The van der Waals surface area contributed by atoms with Crippen LogP contribution in [-0.2, 0) is 0 Å². The third-order valence-electron chi connectivity index (χ3n) is 5.20. The van der Waals surface area contributed by atoms with Crippen LogP contribution in [0.15, 0.2) is 84.9 Å². The predicted octanol–water partition coefficient (Wildman–Crippen LogP) is 5.15. The number of para-hydroxylation sites is 1. The highest BCUT2D eigenvalue weighted by Crippen LogP contribution is 2.26. The smallest absolute Gasteiger partial charge is 0.251 e. The molecule has 0 saturated heterocycles. The average Bonchev–Trinajstić information content (AvgIpc) is 3.65. The van der Waals surface area contributed by atoms with Gasteiger partial charge in [0.05, 0.1) is 5.69 Å². The second kappa shape index (κ2) is 9.00. The Labute approximate surface area is 191 Å². The zero-order chi connectivity index (χ0) is 22.6. The number of ether oxygens (including phenoxy) is 1. The van der Waals surface area contributed by atoms with Gasteiger partial charge in [0, 0.05) is 28.9 Å². The molecule has 0 aliphatic heterocycles. The van der Waals surface area contributed by atoms with Gasteiger partial charge >= 0.3 is 0 Å². The molecule has 1 amide bonds. The van der Waals surface area contributed by atoms with E-state index in [9.17, 15) is 4.79 Å². The number of carbonyl (C=O) groups excluding carboxylic acids is 1. The first kappa shape index (κ1) is 20.5. The van der Waals surface area contributed by atoms with Crippen molar-refractivity contribution in [1.82, 2.24) is 15.3 Å². The molecular weight excluding hydrogens is 414 g/mol. The molecule has 1 aliphatic carbocycles. The molecule has 7 heteroatoms. The van der Waals surface area contributed by atoms with Crippen LogP contribution in [-0.4, -0.2) is 21.9 Å². The summed E-state index contributed by atoms with van der Waals surface area (Å²) in [7, 11) is 0. The van der Waals surface area contributed by atoms with E-state index >= 15 is 0 Å². The monoisotopic (exact) mass is 437 g/mol. The maximum absolute atomic E-state index is 12.2. The number of nitrogens with one attached hydrogen (secondary N) is 2. The van der Waals surface area contributed by atoms with Crippen molar-refractivity contribution in [3.8, 4) is 22.8 Å². The number of hydrogen-bond acceptors (Lipinski definition) is 6. The molecule has 3 aromatic carbocycles. The van der Waals surface area contributed by atoms with Crippen molar-refractivity contribution < 1.29 is 9.53 Å². The van der Waals surface area contributed by atoms with Crippen LogP contribution in [0.1, 0.15) is 23.2 Å². The summed E-state index contributed by atoms with van der Waals surface area (Å²) in [6, 6.07) is 26.7. The van der Waals surface area contributed by atoms with Gasteiger partial charge in [0.1, 0.15) is 17.3 Å². The fraction of sp³-hybridized carbons (Fsp3) is 0.115. The van der Waals surface area contributed by atoms with Gasteiger partial charge in [-0.2, -0.15) is 4.98 Å². The molecule has 33 heavy (non-hydrogen) atoms. The standard InChI is InChI=1S/C26H23N5O2/c27-26-30-23(17-6-8-18(9-7-17)25(32)29-20-10-11-20)16-24(31-26)28-19-12-14-22(15-13-19)33-21-4-2-1-3-5-21/h1-9,12-16,20H,10-11H2,(H,29,32)(H3,27,28,30,31). The van der Waals surface area contributed by atoms with Crippen molar-refractivity contribution in [2.75, 3.05) is 11.1 Å². The van der Waals surface area contributed by atoms with Crippen molar-refractivity contribution in [2.24, 2.45) is 0 Å². The second-order valence-corrected chi connectivity index (χ2v) is 7.89. The number of amides is 1. The van der Waals surface area contributed by atoms with Crippen LogP contribution in [0.4, 0.5) is 17.5 Å². The number of aromatic nitrogens is 2. The molecule has 164 valence electrons. The summed E-state index contributed by atoms with van der Waals surface area (Å²) in [6.07, 6.45) is 2.12. The quantitative estimate of drug-likeness (QED) is 0.369. The van der Waals surface area contributed by atoms with Gasteiger partial charge in [-0.1, -0.05) is 30.3 Å². The van der Waals surface area contributed by atoms with Gasteiger partial charge in [-0.05, 0) is 61.4 Å². The lowest BCUT2D eigenvalue weighted by molar-refractivity contribution is 0.0951. The number of benzene rings is 3. The molecule has 0 unspecified atom stereocenters. The Morgan fingerprint density at radius 2 is 1.58 bits per heavy atom. The summed E-state index contributed by atoms with van der Waals surface area (Å²) in [4.78, 5) is 20.8. The molecule has 0 bridgehead atoms. The van der Waals surface area contributed by atoms with Crippen molar-refractivity contribution >= 4 is 23.4 Å². The van der Waals surface area contributed by atoms with Crippen LogP contribution in [0, 0.1) is 0 Å². The minimum absolute atomic E-state index is 0.0479. The molecule has 5 rings (SSSR count). The Kier molecular flexibility index (Phi) is 5.59. The number of rotatable bonds is 7. The normalized spacial score (nSPS) is 12.7. The minimum atomic E-state index is -0.0479. The summed E-state index contributed by atoms with van der Waals surface area (Å²) >= 11 is 0. The van der Waals surface area contributed by atoms with Gasteiger partial charge in [-0.25, -0.2) is 4.98 Å². The molecule has 4 N–H and O–H groups in total. The largest absolute Gasteiger partial charge is 0.457 e. The van der Waals surface area contributed by atoms with E-state index in [1.807, 2.05) is 72.8 Å². The summed E-state index contributed by atoms with van der Waals surface area (Å²) in [6.45, 7) is 0. The van der Waals surface area contributed by atoms with Crippen molar-refractivity contribution in [3.05, 3.63) is 90.5 Å². The highest BCUT2D eigenvalue weighted by atomic mass is 16.5. The van der Waals surface area contributed by atoms with Crippen molar-refractivity contribution in [2.45, 2.75) is 18.9 Å². The van der Waals surface area contributed by atoms with Gasteiger partial charge in [0.15, 0.2) is 0 Å². The van der Waals surface area contributed by atoms with Gasteiger partial charge in [-0.3, -0.25) is 4.79 Å². The Bertz CT molecular complexity index is 1250. The topological polar surface area (TPSA) is 102 Å². The molecule has 1 saturated carbocycles. The molecule has 7 nitrogen and oxygen atoms in total. The molecule has 4 aromatic rings. The van der Waals surface area contributed by atoms with Crippen LogP contribution in [0.25, 0.3) is 11.3 Å². The maximum Gasteiger partial charge on any atom is 0.251 e. The van der Waals surface area contributed by atoms with E-state index in [1.165, 1.54) is 0 Å². The molecule has 0 spiro atoms. The van der Waals surface area contributed by atoms with E-state index in [-0.39, 0.29) is 11.9 Å². The Morgan fingerprint density at radius 1 is 0.879 bits per heavy atom. The van der Waals surface area contributed by atoms with E-state index in [4.69, 9.17) is 10.5 Å².